The Kier molecular flexibility index (Phi) is 4.33. The number of pyridine rings is 1. The molecule has 0 radical (unpaired) electrons. The van der Waals surface area contributed by atoms with Crippen molar-refractivity contribution in [2.45, 2.75) is 4.90 Å². The summed E-state index contributed by atoms with van der Waals surface area (Å²) in [4.78, 5) is 8.38. The number of thiazole rings is 1. The maximum absolute atomic E-state index is 4.83. The Labute approximate surface area is 189 Å². The largest absolute Gasteiger partial charge is 0.338 e. The first kappa shape index (κ1) is 18.6. The molecule has 1 aliphatic heterocycles. The third-order valence-corrected chi connectivity index (χ3v) is 8.03. The van der Waals surface area contributed by atoms with Crippen molar-refractivity contribution in [2.24, 2.45) is 7.05 Å². The van der Waals surface area contributed by atoms with E-state index in [-0.39, 0.29) is 0 Å². The van der Waals surface area contributed by atoms with Gasteiger partial charge in [-0.05, 0) is 42.5 Å². The highest BCUT2D eigenvalue weighted by Gasteiger charge is 2.24. The van der Waals surface area contributed by atoms with Crippen LogP contribution in [0.3, 0.4) is 0 Å². The van der Waals surface area contributed by atoms with Gasteiger partial charge in [0, 0.05) is 41.1 Å². The first-order valence-corrected chi connectivity index (χ1v) is 11.8. The number of hydrogen-bond acceptors (Lipinski definition) is 4. The van der Waals surface area contributed by atoms with Crippen molar-refractivity contribution in [1.29, 1.82) is 0 Å². The predicted octanol–water partition coefficient (Wildman–Crippen LogP) is 6.48. The Bertz CT molecular complexity index is 1470. The minimum atomic E-state index is 1.07. The van der Waals surface area contributed by atoms with E-state index in [1.807, 2.05) is 17.8 Å². The molecule has 5 heteroatoms. The fourth-order valence-corrected chi connectivity index (χ4v) is 6.16. The van der Waals surface area contributed by atoms with Gasteiger partial charge in [-0.15, -0.1) is 11.3 Å². The number of benzene rings is 3. The molecule has 0 atom stereocenters. The van der Waals surface area contributed by atoms with Crippen LogP contribution in [0.5, 0.6) is 0 Å². The van der Waals surface area contributed by atoms with Crippen molar-refractivity contribution in [3.05, 3.63) is 89.6 Å². The number of aryl methyl sites for hydroxylation is 1. The zero-order valence-electron chi connectivity index (χ0n) is 17.2. The third-order valence-electron chi connectivity index (χ3n) is 5.80. The van der Waals surface area contributed by atoms with Crippen LogP contribution in [0.15, 0.2) is 88.8 Å². The molecule has 3 heterocycles. The van der Waals surface area contributed by atoms with Crippen molar-refractivity contribution in [3.63, 3.8) is 0 Å². The number of rotatable bonds is 2. The lowest BCUT2D eigenvalue weighted by molar-refractivity contribution is -0.646. The average Bonchev–Trinajstić information content (AvgIpc) is 3.37. The number of fused-ring (bicyclic) bond motifs is 3. The fourth-order valence-electron chi connectivity index (χ4n) is 4.06. The highest BCUT2D eigenvalue weighted by atomic mass is 32.2. The molecule has 150 valence electrons. The second-order valence-corrected chi connectivity index (χ2v) is 9.78. The molecule has 1 aliphatic rings. The molecule has 0 saturated carbocycles. The van der Waals surface area contributed by atoms with E-state index in [0.717, 1.165) is 10.5 Å². The second kappa shape index (κ2) is 7.22. The molecule has 0 unspecified atom stereocenters. The standard InChI is InChI=1S/C26H20N3S2/c1-28-19(13-11-17-7-3-5-9-21(17)28)16-25-29(2)22-14-12-18(15-24(22)30-25)26-27-20-8-4-6-10-23(20)31-26/h3-16H,1-2H3/q+1. The first-order chi connectivity index (χ1) is 15.2. The van der Waals surface area contributed by atoms with Gasteiger partial charge in [0.1, 0.15) is 12.1 Å². The Morgan fingerprint density at radius 1 is 0.935 bits per heavy atom. The van der Waals surface area contributed by atoms with Crippen LogP contribution in [0.1, 0.15) is 5.69 Å². The Hall–Kier alpha value is -3.15. The van der Waals surface area contributed by atoms with Crippen LogP contribution < -0.4 is 9.47 Å². The normalized spacial score (nSPS) is 14.6. The van der Waals surface area contributed by atoms with Gasteiger partial charge in [-0.25, -0.2) is 4.98 Å². The average molecular weight is 439 g/mol. The van der Waals surface area contributed by atoms with Gasteiger partial charge in [0.2, 0.25) is 11.2 Å². The van der Waals surface area contributed by atoms with Crippen LogP contribution in [-0.2, 0) is 7.05 Å². The van der Waals surface area contributed by atoms with Gasteiger partial charge in [0.15, 0.2) is 0 Å². The summed E-state index contributed by atoms with van der Waals surface area (Å²) in [5.74, 6) is 0. The highest BCUT2D eigenvalue weighted by Crippen LogP contribution is 2.47. The monoisotopic (exact) mass is 438 g/mol. The van der Waals surface area contributed by atoms with E-state index >= 15 is 0 Å². The highest BCUT2D eigenvalue weighted by molar-refractivity contribution is 8.03. The molecule has 31 heavy (non-hydrogen) atoms. The quantitative estimate of drug-likeness (QED) is 0.294. The van der Waals surface area contributed by atoms with Gasteiger partial charge in [0.25, 0.3) is 0 Å². The Morgan fingerprint density at radius 2 is 1.77 bits per heavy atom. The van der Waals surface area contributed by atoms with Crippen LogP contribution in [0.4, 0.5) is 5.69 Å². The zero-order valence-corrected chi connectivity index (χ0v) is 18.9. The van der Waals surface area contributed by atoms with Gasteiger partial charge < -0.3 is 4.90 Å². The summed E-state index contributed by atoms with van der Waals surface area (Å²) >= 11 is 3.57. The SMILES string of the molecule is CN1/C(=C/c2ccc3ccccc3[n+]2C)Sc2cc(-c3nc4ccccc4s3)ccc21. The lowest BCUT2D eigenvalue weighted by Crippen LogP contribution is -2.32. The minimum Gasteiger partial charge on any atom is -0.338 e. The summed E-state index contributed by atoms with van der Waals surface area (Å²) in [7, 11) is 4.27. The van der Waals surface area contributed by atoms with Crippen LogP contribution >= 0.6 is 23.1 Å². The molecule has 3 aromatic carbocycles. The summed E-state index contributed by atoms with van der Waals surface area (Å²) in [6.07, 6.45) is 2.27. The fraction of sp³-hybridized carbons (Fsp3) is 0.0769. The molecular weight excluding hydrogens is 418 g/mol. The topological polar surface area (TPSA) is 20.0 Å². The van der Waals surface area contributed by atoms with Crippen molar-refractivity contribution in [3.8, 4) is 10.6 Å². The summed E-state index contributed by atoms with van der Waals surface area (Å²) in [6.45, 7) is 0. The van der Waals surface area contributed by atoms with E-state index in [2.05, 4.69) is 102 Å². The summed E-state index contributed by atoms with van der Waals surface area (Å²) in [5, 5.41) is 3.55. The van der Waals surface area contributed by atoms with Crippen LogP contribution in [0.25, 0.3) is 37.8 Å². The minimum absolute atomic E-state index is 1.07. The number of para-hydroxylation sites is 2. The van der Waals surface area contributed by atoms with E-state index in [1.165, 1.54) is 42.5 Å². The zero-order chi connectivity index (χ0) is 20.9. The number of anilines is 1. The smallest absolute Gasteiger partial charge is 0.212 e. The molecule has 5 aromatic rings. The molecular formula is C26H20N3S2+. The lowest BCUT2D eigenvalue weighted by atomic mass is 10.2. The van der Waals surface area contributed by atoms with Gasteiger partial charge in [-0.2, -0.15) is 4.57 Å². The molecule has 2 aromatic heterocycles. The molecule has 6 rings (SSSR count). The van der Waals surface area contributed by atoms with Crippen molar-refractivity contribution >= 4 is 56.0 Å². The number of nitrogens with zero attached hydrogens (tertiary/aromatic N) is 3. The van der Waals surface area contributed by atoms with Gasteiger partial charge in [-0.3, -0.25) is 0 Å². The molecule has 0 fully saturated rings. The molecule has 0 N–H and O–H groups in total. The Morgan fingerprint density at radius 3 is 2.68 bits per heavy atom. The van der Waals surface area contributed by atoms with Crippen LogP contribution in [-0.4, -0.2) is 12.0 Å². The Balaban J connectivity index is 1.37. The van der Waals surface area contributed by atoms with E-state index in [9.17, 15) is 0 Å². The van der Waals surface area contributed by atoms with Crippen molar-refractivity contribution in [2.75, 3.05) is 11.9 Å². The van der Waals surface area contributed by atoms with E-state index in [4.69, 9.17) is 4.98 Å². The van der Waals surface area contributed by atoms with Crippen LogP contribution in [0.2, 0.25) is 0 Å². The summed E-state index contributed by atoms with van der Waals surface area (Å²) in [5.41, 5.74) is 5.91. The lowest BCUT2D eigenvalue weighted by Gasteiger charge is -2.13. The maximum atomic E-state index is 4.83. The maximum Gasteiger partial charge on any atom is 0.212 e. The second-order valence-electron chi connectivity index (χ2n) is 7.69. The molecule has 0 saturated heterocycles. The summed E-state index contributed by atoms with van der Waals surface area (Å²) < 4.78 is 3.49. The third kappa shape index (κ3) is 3.12. The van der Waals surface area contributed by atoms with Crippen LogP contribution in [0, 0.1) is 0 Å². The molecule has 0 bridgehead atoms. The number of aromatic nitrogens is 2. The number of thioether (sulfide) groups is 1. The molecule has 0 amide bonds. The number of hydrogen-bond donors (Lipinski definition) is 0. The van der Waals surface area contributed by atoms with Crippen molar-refractivity contribution in [1.82, 2.24) is 4.98 Å². The van der Waals surface area contributed by atoms with Gasteiger partial charge in [-0.1, -0.05) is 36.0 Å². The molecule has 3 nitrogen and oxygen atoms in total. The van der Waals surface area contributed by atoms with E-state index in [1.54, 1.807) is 11.3 Å². The molecule has 0 spiro atoms. The van der Waals surface area contributed by atoms with E-state index < -0.39 is 0 Å². The van der Waals surface area contributed by atoms with E-state index in [0.29, 0.717) is 0 Å². The molecule has 0 aliphatic carbocycles. The predicted molar refractivity (Wildman–Crippen MR) is 132 cm³/mol. The van der Waals surface area contributed by atoms with Crippen molar-refractivity contribution < 1.29 is 4.57 Å². The van der Waals surface area contributed by atoms with Gasteiger partial charge >= 0.3 is 0 Å². The van der Waals surface area contributed by atoms with Gasteiger partial charge in [0.05, 0.1) is 20.9 Å². The first-order valence-electron chi connectivity index (χ1n) is 10.2. The summed E-state index contributed by atoms with van der Waals surface area (Å²) in [6, 6.07) is 27.9.